The number of halogens is 1. The van der Waals surface area contributed by atoms with Crippen LogP contribution in [0.3, 0.4) is 0 Å². The van der Waals surface area contributed by atoms with Crippen molar-refractivity contribution >= 4 is 23.7 Å². The Labute approximate surface area is 145 Å². The van der Waals surface area contributed by atoms with Gasteiger partial charge in [0.1, 0.15) is 0 Å². The summed E-state index contributed by atoms with van der Waals surface area (Å²) in [5.74, 6) is 0.0551. The van der Waals surface area contributed by atoms with Crippen LogP contribution in [0, 0.1) is 0 Å². The Hall–Kier alpha value is -2.79. The van der Waals surface area contributed by atoms with Crippen molar-refractivity contribution < 1.29 is 14.6 Å². The lowest BCUT2D eigenvalue weighted by Gasteiger charge is -2.09. The van der Waals surface area contributed by atoms with Crippen LogP contribution in [-0.4, -0.2) is 24.3 Å². The molecule has 0 fully saturated rings. The Morgan fingerprint density at radius 3 is 2.71 bits per heavy atom. The molecule has 5 nitrogen and oxygen atoms in total. The van der Waals surface area contributed by atoms with Crippen molar-refractivity contribution in [3.05, 3.63) is 70.8 Å². The molecule has 0 spiro atoms. The number of carbonyl (C=O) groups is 1. The topological polar surface area (TPSA) is 70.9 Å². The molecule has 1 amide bonds. The highest BCUT2D eigenvalue weighted by atomic mass is 35.5. The smallest absolute Gasteiger partial charge is 0.271 e. The van der Waals surface area contributed by atoms with Crippen molar-refractivity contribution in [3.8, 4) is 11.5 Å². The molecule has 2 aromatic carbocycles. The number of carbonyl (C=O) groups excluding carboxylic acids is 1. The maximum atomic E-state index is 11.9. The summed E-state index contributed by atoms with van der Waals surface area (Å²) in [6.45, 7) is 3.66. The fourth-order valence-corrected chi connectivity index (χ4v) is 2.19. The average Bonchev–Trinajstić information content (AvgIpc) is 2.58. The second kappa shape index (κ2) is 8.17. The molecule has 0 aliphatic carbocycles. The Balaban J connectivity index is 2.13. The van der Waals surface area contributed by atoms with Gasteiger partial charge in [-0.25, -0.2) is 5.43 Å². The van der Waals surface area contributed by atoms with Crippen LogP contribution in [0.25, 0.3) is 0 Å². The van der Waals surface area contributed by atoms with Crippen LogP contribution < -0.4 is 10.2 Å². The SMILES string of the molecule is C=CCc1cc(/C=N\NC(=O)c2ccc(Cl)cc2)cc(OC)c1O. The molecule has 0 saturated heterocycles. The minimum absolute atomic E-state index is 0.0692. The average molecular weight is 345 g/mol. The van der Waals surface area contributed by atoms with E-state index >= 15 is 0 Å². The minimum atomic E-state index is -0.347. The largest absolute Gasteiger partial charge is 0.504 e. The van der Waals surface area contributed by atoms with Crippen LogP contribution in [0.4, 0.5) is 0 Å². The van der Waals surface area contributed by atoms with Gasteiger partial charge in [0, 0.05) is 16.1 Å². The van der Waals surface area contributed by atoms with Crippen LogP contribution >= 0.6 is 11.6 Å². The van der Waals surface area contributed by atoms with E-state index in [9.17, 15) is 9.90 Å². The molecule has 0 radical (unpaired) electrons. The van der Waals surface area contributed by atoms with Crippen molar-refractivity contribution in [3.63, 3.8) is 0 Å². The lowest BCUT2D eigenvalue weighted by atomic mass is 10.1. The monoisotopic (exact) mass is 344 g/mol. The van der Waals surface area contributed by atoms with Crippen LogP contribution in [0.15, 0.2) is 54.2 Å². The van der Waals surface area contributed by atoms with Crippen LogP contribution in [0.2, 0.25) is 5.02 Å². The molecule has 0 aliphatic rings. The summed E-state index contributed by atoms with van der Waals surface area (Å²) in [7, 11) is 1.47. The van der Waals surface area contributed by atoms with E-state index in [4.69, 9.17) is 16.3 Å². The lowest BCUT2D eigenvalue weighted by molar-refractivity contribution is 0.0955. The van der Waals surface area contributed by atoms with Crippen molar-refractivity contribution in [2.75, 3.05) is 7.11 Å². The van der Waals surface area contributed by atoms with E-state index in [0.29, 0.717) is 33.9 Å². The van der Waals surface area contributed by atoms with Crippen molar-refractivity contribution in [1.29, 1.82) is 0 Å². The molecule has 0 aromatic heterocycles. The number of nitrogens with zero attached hydrogens (tertiary/aromatic N) is 1. The number of benzene rings is 2. The Bertz CT molecular complexity index is 771. The number of nitrogens with one attached hydrogen (secondary N) is 1. The van der Waals surface area contributed by atoms with Gasteiger partial charge >= 0.3 is 0 Å². The first-order valence-electron chi connectivity index (χ1n) is 7.15. The third kappa shape index (κ3) is 4.36. The number of rotatable bonds is 6. The van der Waals surface area contributed by atoms with Crippen molar-refractivity contribution in [2.24, 2.45) is 5.10 Å². The van der Waals surface area contributed by atoms with E-state index in [1.165, 1.54) is 13.3 Å². The second-order valence-corrected chi connectivity index (χ2v) is 5.37. The molecule has 0 bridgehead atoms. The Kier molecular flexibility index (Phi) is 5.98. The highest BCUT2D eigenvalue weighted by Crippen LogP contribution is 2.31. The van der Waals surface area contributed by atoms with Gasteiger partial charge in [0.25, 0.3) is 5.91 Å². The quantitative estimate of drug-likeness (QED) is 0.478. The number of hydrogen-bond donors (Lipinski definition) is 2. The Morgan fingerprint density at radius 2 is 2.08 bits per heavy atom. The third-order valence-corrected chi connectivity index (χ3v) is 3.50. The molecular formula is C18H17ClN2O3. The molecular weight excluding hydrogens is 328 g/mol. The van der Waals surface area contributed by atoms with Gasteiger partial charge in [-0.15, -0.1) is 6.58 Å². The number of aromatic hydroxyl groups is 1. The van der Waals surface area contributed by atoms with Crippen LogP contribution in [-0.2, 0) is 6.42 Å². The highest BCUT2D eigenvalue weighted by molar-refractivity contribution is 6.30. The first-order chi connectivity index (χ1) is 11.5. The van der Waals surface area contributed by atoms with E-state index in [-0.39, 0.29) is 11.7 Å². The molecule has 2 rings (SSSR count). The molecule has 6 heteroatoms. The van der Waals surface area contributed by atoms with Crippen molar-refractivity contribution in [1.82, 2.24) is 5.43 Å². The number of allylic oxidation sites excluding steroid dienone is 1. The second-order valence-electron chi connectivity index (χ2n) is 4.93. The summed E-state index contributed by atoms with van der Waals surface area (Å²) in [5, 5.41) is 14.5. The fraction of sp³-hybridized carbons (Fsp3) is 0.111. The number of phenols is 1. The van der Waals surface area contributed by atoms with Gasteiger partial charge in [0.05, 0.1) is 13.3 Å². The van der Waals surface area contributed by atoms with E-state index in [1.807, 2.05) is 0 Å². The first kappa shape index (κ1) is 17.6. The first-order valence-corrected chi connectivity index (χ1v) is 7.52. The third-order valence-electron chi connectivity index (χ3n) is 3.25. The predicted octanol–water partition coefficient (Wildman–Crippen LogP) is 3.55. The normalized spacial score (nSPS) is 10.6. The van der Waals surface area contributed by atoms with Gasteiger partial charge in [-0.3, -0.25) is 4.79 Å². The number of phenolic OH excluding ortho intramolecular Hbond substituents is 1. The summed E-state index contributed by atoms with van der Waals surface area (Å²) < 4.78 is 5.13. The molecule has 124 valence electrons. The standard InChI is InChI=1S/C18H17ClN2O3/c1-3-4-14-9-12(10-16(24-2)17(14)22)11-20-21-18(23)13-5-7-15(19)8-6-13/h3,5-11,22H,1,4H2,2H3,(H,21,23)/b20-11-. The minimum Gasteiger partial charge on any atom is -0.504 e. The maximum absolute atomic E-state index is 11.9. The maximum Gasteiger partial charge on any atom is 0.271 e. The molecule has 24 heavy (non-hydrogen) atoms. The van der Waals surface area contributed by atoms with E-state index in [0.717, 1.165) is 0 Å². The number of hydrazone groups is 1. The molecule has 0 saturated carbocycles. The van der Waals surface area contributed by atoms with Gasteiger partial charge in [-0.2, -0.15) is 5.10 Å². The van der Waals surface area contributed by atoms with Gasteiger partial charge in [0.15, 0.2) is 11.5 Å². The van der Waals surface area contributed by atoms with Gasteiger partial charge in [-0.05, 0) is 48.4 Å². The lowest BCUT2D eigenvalue weighted by Crippen LogP contribution is -2.17. The number of methoxy groups -OCH3 is 1. The zero-order chi connectivity index (χ0) is 17.5. The van der Waals surface area contributed by atoms with E-state index < -0.39 is 0 Å². The number of ether oxygens (including phenoxy) is 1. The summed E-state index contributed by atoms with van der Waals surface area (Å²) in [4.78, 5) is 11.9. The van der Waals surface area contributed by atoms with Crippen LogP contribution in [0.1, 0.15) is 21.5 Å². The highest BCUT2D eigenvalue weighted by Gasteiger charge is 2.09. The molecule has 0 heterocycles. The summed E-state index contributed by atoms with van der Waals surface area (Å²) in [6.07, 6.45) is 3.64. The van der Waals surface area contributed by atoms with E-state index in [1.54, 1.807) is 42.5 Å². The fourth-order valence-electron chi connectivity index (χ4n) is 2.06. The number of amides is 1. The van der Waals surface area contributed by atoms with Crippen LogP contribution in [0.5, 0.6) is 11.5 Å². The predicted molar refractivity (Wildman–Crippen MR) is 95.1 cm³/mol. The molecule has 2 N–H and O–H groups in total. The molecule has 2 aromatic rings. The Morgan fingerprint density at radius 1 is 1.38 bits per heavy atom. The molecule has 0 atom stereocenters. The zero-order valence-electron chi connectivity index (χ0n) is 13.1. The summed E-state index contributed by atoms with van der Waals surface area (Å²) in [6, 6.07) is 9.86. The zero-order valence-corrected chi connectivity index (χ0v) is 13.9. The van der Waals surface area contributed by atoms with Crippen molar-refractivity contribution in [2.45, 2.75) is 6.42 Å². The molecule has 0 unspecified atom stereocenters. The van der Waals surface area contributed by atoms with Gasteiger partial charge < -0.3 is 9.84 Å². The van der Waals surface area contributed by atoms with E-state index in [2.05, 4.69) is 17.1 Å². The summed E-state index contributed by atoms with van der Waals surface area (Å²) >= 11 is 5.78. The molecule has 0 aliphatic heterocycles. The van der Waals surface area contributed by atoms with Gasteiger partial charge in [0.2, 0.25) is 0 Å². The van der Waals surface area contributed by atoms with Gasteiger partial charge in [-0.1, -0.05) is 17.7 Å². The summed E-state index contributed by atoms with van der Waals surface area (Å²) in [5.41, 5.74) is 4.23. The number of hydrogen-bond acceptors (Lipinski definition) is 4.